The van der Waals surface area contributed by atoms with E-state index in [2.05, 4.69) is 30.5 Å². The fourth-order valence-electron chi connectivity index (χ4n) is 5.19. The Balaban J connectivity index is 1.33. The molecule has 0 unspecified atom stereocenters. The zero-order chi connectivity index (χ0) is 30.8. The number of carbonyl (C=O) groups is 1. The van der Waals surface area contributed by atoms with Gasteiger partial charge in [0.15, 0.2) is 0 Å². The van der Waals surface area contributed by atoms with Crippen molar-refractivity contribution < 1.29 is 13.9 Å². The standard InChI is InChI=1S/C34H34FN7O2/c1-20(2)10-33(43)38-24-12-22(17-36-18-24)30-16-28-32(19-37-30)40-41-34(28)31-15-27-26(6-5-7-29(27)39-31)21-11-23(35)14-25(13-21)44-9-8-42(3)4/h5-7,11-20,39H,8-10H2,1-4H3,(H,38,43)(H,40,41). The third-order valence-corrected chi connectivity index (χ3v) is 7.27. The van der Waals surface area contributed by atoms with Crippen molar-refractivity contribution in [1.82, 2.24) is 30.0 Å². The van der Waals surface area contributed by atoms with Crippen LogP contribution in [0, 0.1) is 11.7 Å². The van der Waals surface area contributed by atoms with Crippen molar-refractivity contribution in [1.29, 1.82) is 0 Å². The fourth-order valence-corrected chi connectivity index (χ4v) is 5.19. The third kappa shape index (κ3) is 6.30. The Morgan fingerprint density at radius 2 is 1.86 bits per heavy atom. The first kappa shape index (κ1) is 29.0. The lowest BCUT2D eigenvalue weighted by Gasteiger charge is -2.12. The highest BCUT2D eigenvalue weighted by Crippen LogP contribution is 2.36. The van der Waals surface area contributed by atoms with Gasteiger partial charge in [0.2, 0.25) is 5.91 Å². The van der Waals surface area contributed by atoms with Crippen LogP contribution in [0.4, 0.5) is 10.1 Å². The van der Waals surface area contributed by atoms with Crippen LogP contribution in [0.1, 0.15) is 20.3 Å². The lowest BCUT2D eigenvalue weighted by atomic mass is 10.0. The van der Waals surface area contributed by atoms with Gasteiger partial charge in [0.1, 0.15) is 23.9 Å². The molecule has 0 fully saturated rings. The maximum atomic E-state index is 14.7. The van der Waals surface area contributed by atoms with Gasteiger partial charge in [0.25, 0.3) is 0 Å². The predicted octanol–water partition coefficient (Wildman–Crippen LogP) is 6.90. The quantitative estimate of drug-likeness (QED) is 0.160. The van der Waals surface area contributed by atoms with E-state index in [0.717, 1.165) is 56.4 Å². The van der Waals surface area contributed by atoms with Gasteiger partial charge in [0, 0.05) is 47.1 Å². The number of nitrogens with one attached hydrogen (secondary N) is 3. The normalized spacial score (nSPS) is 11.6. The molecule has 0 aliphatic carbocycles. The molecule has 0 radical (unpaired) electrons. The summed E-state index contributed by atoms with van der Waals surface area (Å²) in [4.78, 5) is 26.7. The van der Waals surface area contributed by atoms with Gasteiger partial charge >= 0.3 is 0 Å². The molecule has 2 aromatic carbocycles. The Bertz CT molecular complexity index is 1960. The number of nitrogens with zero attached hydrogens (tertiary/aromatic N) is 4. The van der Waals surface area contributed by atoms with Crippen LogP contribution in [0.15, 0.2) is 73.2 Å². The molecule has 0 saturated carbocycles. The Hall–Kier alpha value is -5.09. The molecule has 0 bridgehead atoms. The van der Waals surface area contributed by atoms with Crippen molar-refractivity contribution in [3.05, 3.63) is 79.0 Å². The lowest BCUT2D eigenvalue weighted by Crippen LogP contribution is -2.19. The average molecular weight is 592 g/mol. The molecule has 3 N–H and O–H groups in total. The summed E-state index contributed by atoms with van der Waals surface area (Å²) in [5.74, 6) is 0.343. The number of hydrogen-bond donors (Lipinski definition) is 3. The second-order valence-electron chi connectivity index (χ2n) is 11.6. The molecule has 0 saturated heterocycles. The average Bonchev–Trinajstić information content (AvgIpc) is 3.60. The van der Waals surface area contributed by atoms with E-state index in [1.54, 1.807) is 18.6 Å². The van der Waals surface area contributed by atoms with E-state index in [9.17, 15) is 9.18 Å². The summed E-state index contributed by atoms with van der Waals surface area (Å²) >= 11 is 0. The number of anilines is 1. The molecule has 0 spiro atoms. The Morgan fingerprint density at radius 3 is 2.68 bits per heavy atom. The molecular formula is C34H34FN7O2. The van der Waals surface area contributed by atoms with Crippen molar-refractivity contribution in [3.8, 4) is 39.5 Å². The minimum atomic E-state index is -0.355. The molecule has 1 amide bonds. The first-order valence-corrected chi connectivity index (χ1v) is 14.5. The number of amides is 1. The van der Waals surface area contributed by atoms with Crippen LogP contribution in [0.5, 0.6) is 5.75 Å². The Labute approximate surface area is 254 Å². The number of hydrogen-bond acceptors (Lipinski definition) is 6. The molecule has 0 aliphatic heterocycles. The summed E-state index contributed by atoms with van der Waals surface area (Å²) in [6, 6.07) is 16.6. The fraction of sp³-hybridized carbons (Fsp3) is 0.235. The largest absolute Gasteiger partial charge is 0.492 e. The van der Waals surface area contributed by atoms with E-state index in [4.69, 9.17) is 4.74 Å². The summed E-state index contributed by atoms with van der Waals surface area (Å²) in [5.41, 5.74) is 6.92. The van der Waals surface area contributed by atoms with Crippen LogP contribution < -0.4 is 10.1 Å². The summed E-state index contributed by atoms with van der Waals surface area (Å²) in [5, 5.41) is 12.4. The van der Waals surface area contributed by atoms with Crippen LogP contribution in [0.2, 0.25) is 0 Å². The van der Waals surface area contributed by atoms with Crippen LogP contribution in [-0.2, 0) is 4.79 Å². The Kier molecular flexibility index (Phi) is 8.08. The van der Waals surface area contributed by atoms with Crippen molar-refractivity contribution in [2.75, 3.05) is 32.6 Å². The number of benzene rings is 2. The van der Waals surface area contributed by atoms with Crippen molar-refractivity contribution in [2.24, 2.45) is 5.92 Å². The maximum absolute atomic E-state index is 14.7. The minimum absolute atomic E-state index is 0.0519. The summed E-state index contributed by atoms with van der Waals surface area (Å²) in [6.07, 6.45) is 5.52. The van der Waals surface area contributed by atoms with E-state index < -0.39 is 0 Å². The number of halogens is 1. The zero-order valence-corrected chi connectivity index (χ0v) is 25.1. The molecule has 4 aromatic heterocycles. The van der Waals surface area contributed by atoms with E-state index in [1.165, 1.54) is 12.1 Å². The summed E-state index contributed by atoms with van der Waals surface area (Å²) < 4.78 is 20.5. The Morgan fingerprint density at radius 1 is 1.00 bits per heavy atom. The van der Waals surface area contributed by atoms with Crippen LogP contribution in [-0.4, -0.2) is 63.2 Å². The van der Waals surface area contributed by atoms with Crippen molar-refractivity contribution >= 4 is 33.4 Å². The molecule has 9 nitrogen and oxygen atoms in total. The highest BCUT2D eigenvalue weighted by molar-refractivity contribution is 6.01. The number of rotatable bonds is 10. The molecule has 4 heterocycles. The lowest BCUT2D eigenvalue weighted by molar-refractivity contribution is -0.116. The van der Waals surface area contributed by atoms with Gasteiger partial charge in [-0.15, -0.1) is 0 Å². The second kappa shape index (κ2) is 12.3. The number of aromatic amines is 2. The van der Waals surface area contributed by atoms with Gasteiger partial charge in [-0.25, -0.2) is 4.39 Å². The van der Waals surface area contributed by atoms with Crippen molar-refractivity contribution in [3.63, 3.8) is 0 Å². The van der Waals surface area contributed by atoms with Gasteiger partial charge < -0.3 is 19.9 Å². The van der Waals surface area contributed by atoms with E-state index >= 15 is 0 Å². The molecule has 10 heteroatoms. The second-order valence-corrected chi connectivity index (χ2v) is 11.6. The molecule has 6 aromatic rings. The van der Waals surface area contributed by atoms with Gasteiger partial charge in [-0.1, -0.05) is 26.0 Å². The van der Waals surface area contributed by atoms with Gasteiger partial charge in [-0.3, -0.25) is 19.9 Å². The number of pyridine rings is 2. The molecule has 0 atom stereocenters. The topological polar surface area (TPSA) is 112 Å². The molecule has 0 aliphatic rings. The molecule has 44 heavy (non-hydrogen) atoms. The van der Waals surface area contributed by atoms with Crippen molar-refractivity contribution in [2.45, 2.75) is 20.3 Å². The summed E-state index contributed by atoms with van der Waals surface area (Å²) in [7, 11) is 3.94. The number of fused-ring (bicyclic) bond motifs is 2. The van der Waals surface area contributed by atoms with Gasteiger partial charge in [-0.2, -0.15) is 5.10 Å². The van der Waals surface area contributed by atoms with Crippen LogP contribution in [0.3, 0.4) is 0 Å². The molecule has 6 rings (SSSR count). The smallest absolute Gasteiger partial charge is 0.224 e. The number of ether oxygens (including phenoxy) is 1. The zero-order valence-electron chi connectivity index (χ0n) is 25.1. The van der Waals surface area contributed by atoms with E-state index in [1.807, 2.05) is 75.3 Å². The SMILES string of the molecule is CC(C)CC(=O)Nc1cncc(-c2cc3c(-c4cc5c(-c6cc(F)cc(OCCN(C)C)c6)cccc5[nH]4)n[nH]c3cn2)c1. The van der Waals surface area contributed by atoms with E-state index in [-0.39, 0.29) is 17.6 Å². The van der Waals surface area contributed by atoms with Crippen LogP contribution in [0.25, 0.3) is 55.6 Å². The highest BCUT2D eigenvalue weighted by Gasteiger charge is 2.16. The number of likely N-dealkylation sites (N-methyl/N-ethyl adjacent to an activating group) is 1. The third-order valence-electron chi connectivity index (χ3n) is 7.27. The maximum Gasteiger partial charge on any atom is 0.224 e. The predicted molar refractivity (Wildman–Crippen MR) is 172 cm³/mol. The number of H-pyrrole nitrogens is 2. The first-order chi connectivity index (χ1) is 21.2. The molecule has 224 valence electrons. The van der Waals surface area contributed by atoms with Crippen LogP contribution >= 0.6 is 0 Å². The number of aromatic nitrogens is 5. The van der Waals surface area contributed by atoms with Gasteiger partial charge in [-0.05, 0) is 67.5 Å². The summed E-state index contributed by atoms with van der Waals surface area (Å²) in [6.45, 7) is 5.20. The monoisotopic (exact) mass is 591 g/mol. The first-order valence-electron chi connectivity index (χ1n) is 14.5. The molecular weight excluding hydrogens is 557 g/mol. The number of carbonyl (C=O) groups excluding carboxylic acids is 1. The minimum Gasteiger partial charge on any atom is -0.492 e. The van der Waals surface area contributed by atoms with E-state index in [0.29, 0.717) is 30.2 Å². The van der Waals surface area contributed by atoms with Gasteiger partial charge in [0.05, 0.1) is 35.0 Å². The highest BCUT2D eigenvalue weighted by atomic mass is 19.1.